The molecule has 2 rings (SSSR count). The van der Waals surface area contributed by atoms with Gasteiger partial charge in [-0.05, 0) is 26.8 Å². The van der Waals surface area contributed by atoms with Crippen molar-refractivity contribution >= 4 is 51.2 Å². The van der Waals surface area contributed by atoms with Crippen LogP contribution < -0.4 is 0 Å². The highest BCUT2D eigenvalue weighted by Gasteiger charge is 2.43. The molecule has 0 spiro atoms. The number of phenols is 1. The van der Waals surface area contributed by atoms with Gasteiger partial charge in [-0.25, -0.2) is 4.79 Å². The molecule has 1 N–H and O–H groups in total. The molecule has 0 saturated carbocycles. The molecule has 10 heteroatoms. The van der Waals surface area contributed by atoms with Crippen LogP contribution >= 0.6 is 33.3 Å². The zero-order chi connectivity index (χ0) is 23.7. The predicted molar refractivity (Wildman–Crippen MR) is 130 cm³/mol. The molecule has 0 aromatic heterocycles. The van der Waals surface area contributed by atoms with Gasteiger partial charge in [-0.3, -0.25) is 9.59 Å². The zero-order valence-corrected chi connectivity index (χ0v) is 20.9. The zero-order valence-electron chi connectivity index (χ0n) is 18.4. The van der Waals surface area contributed by atoms with Crippen molar-refractivity contribution in [2.45, 2.75) is 38.6 Å². The lowest BCUT2D eigenvalue weighted by Crippen LogP contribution is -2.44. The third-order valence-electron chi connectivity index (χ3n) is 4.44. The Labute approximate surface area is 201 Å². The fourth-order valence-corrected chi connectivity index (χ4v) is 6.01. The first-order valence-corrected chi connectivity index (χ1v) is 13.6. The van der Waals surface area contributed by atoms with Crippen molar-refractivity contribution in [3.63, 3.8) is 0 Å². The van der Waals surface area contributed by atoms with Crippen LogP contribution in [0.3, 0.4) is 0 Å². The maximum Gasteiger partial charge on any atom is 0.332 e. The van der Waals surface area contributed by atoms with Gasteiger partial charge >= 0.3 is 11.9 Å². The molecule has 1 fully saturated rings. The van der Waals surface area contributed by atoms with Crippen LogP contribution in [0, 0.1) is 5.41 Å². The number of hydrogen-bond donors (Lipinski definition) is 1. The summed E-state index contributed by atoms with van der Waals surface area (Å²) < 4.78 is 10.2. The average Bonchev–Trinajstić information content (AvgIpc) is 3.18. The molecule has 0 aliphatic carbocycles. The molecule has 7 nitrogen and oxygen atoms in total. The minimum Gasteiger partial charge on any atom is -0.508 e. The lowest BCUT2D eigenvalue weighted by atomic mass is 9.98. The van der Waals surface area contributed by atoms with E-state index in [4.69, 9.17) is 9.47 Å². The Morgan fingerprint density at radius 2 is 1.97 bits per heavy atom. The first-order chi connectivity index (χ1) is 15.2. The van der Waals surface area contributed by atoms with E-state index in [2.05, 4.69) is 6.58 Å². The summed E-state index contributed by atoms with van der Waals surface area (Å²) in [4.78, 5) is 39.2. The van der Waals surface area contributed by atoms with Crippen LogP contribution in [-0.4, -0.2) is 57.9 Å². The number of phenolic OH excluding ortho intramolecular Hbond substituents is 1. The normalized spacial score (nSPS) is 18.3. The SMILES string of the molecule is C=CCSSCCC(=O)N1C(c2ccccc2O)SC[C@H]1C(=O)OCOC(=O)C(C)(C)C. The van der Waals surface area contributed by atoms with Gasteiger partial charge in [0.05, 0.1) is 5.41 Å². The maximum absolute atomic E-state index is 13.1. The first-order valence-electron chi connectivity index (χ1n) is 10.1. The van der Waals surface area contributed by atoms with Gasteiger partial charge in [-0.1, -0.05) is 45.9 Å². The van der Waals surface area contributed by atoms with Crippen LogP contribution in [0.1, 0.15) is 38.1 Å². The molecule has 0 bridgehead atoms. The highest BCUT2D eigenvalue weighted by molar-refractivity contribution is 8.76. The van der Waals surface area contributed by atoms with E-state index in [0.29, 0.717) is 17.1 Å². The first kappa shape index (κ1) is 26.5. The van der Waals surface area contributed by atoms with Crippen molar-refractivity contribution in [3.05, 3.63) is 42.5 Å². The van der Waals surface area contributed by atoms with E-state index in [9.17, 15) is 19.5 Å². The molecule has 32 heavy (non-hydrogen) atoms. The number of ether oxygens (including phenoxy) is 2. The van der Waals surface area contributed by atoms with Gasteiger partial charge in [0.1, 0.15) is 17.2 Å². The lowest BCUT2D eigenvalue weighted by Gasteiger charge is -2.29. The smallest absolute Gasteiger partial charge is 0.332 e. The van der Waals surface area contributed by atoms with Gasteiger partial charge in [0.2, 0.25) is 12.7 Å². The molecule has 1 amide bonds. The molecule has 1 aliphatic rings. The van der Waals surface area contributed by atoms with Crippen LogP contribution in [0.5, 0.6) is 5.75 Å². The molecule has 1 heterocycles. The number of esters is 2. The molecule has 1 unspecified atom stereocenters. The summed E-state index contributed by atoms with van der Waals surface area (Å²) in [5, 5.41) is 9.80. The fourth-order valence-electron chi connectivity index (χ4n) is 2.80. The number of carbonyl (C=O) groups is 3. The van der Waals surface area contributed by atoms with Gasteiger partial charge in [-0.15, -0.1) is 18.3 Å². The second-order valence-corrected chi connectivity index (χ2v) is 11.7. The van der Waals surface area contributed by atoms with Crippen molar-refractivity contribution in [2.24, 2.45) is 5.41 Å². The van der Waals surface area contributed by atoms with E-state index >= 15 is 0 Å². The van der Waals surface area contributed by atoms with E-state index in [0.717, 1.165) is 5.75 Å². The Balaban J connectivity index is 2.09. The minimum atomic E-state index is -0.837. The maximum atomic E-state index is 13.1. The molecular weight excluding hydrogens is 470 g/mol. The van der Waals surface area contributed by atoms with Gasteiger partial charge in [0, 0.05) is 29.2 Å². The number of hydrogen-bond acceptors (Lipinski definition) is 9. The highest BCUT2D eigenvalue weighted by atomic mass is 33.1. The molecule has 1 aromatic rings. The molecule has 1 aromatic carbocycles. The number of thioether (sulfide) groups is 1. The second-order valence-electron chi connectivity index (χ2n) is 7.97. The summed E-state index contributed by atoms with van der Waals surface area (Å²) in [5.74, 6) is 0.405. The Kier molecular flexibility index (Phi) is 10.3. The van der Waals surface area contributed by atoms with E-state index < -0.39 is 35.6 Å². The summed E-state index contributed by atoms with van der Waals surface area (Å²) in [6, 6.07) is 5.93. The number of nitrogens with zero attached hydrogens (tertiary/aromatic N) is 1. The van der Waals surface area contributed by atoms with Crippen LogP contribution in [-0.2, 0) is 23.9 Å². The van der Waals surface area contributed by atoms with Crippen molar-refractivity contribution in [1.82, 2.24) is 4.90 Å². The standard InChI is InChI=1S/C22H29NO6S3/c1-5-11-31-32-12-10-18(25)23-16(20(26)28-14-29-21(27)22(2,3)4)13-30-19(23)15-8-6-7-9-17(15)24/h5-9,16,19,24H,1,10-14H2,2-4H3/t16-,19?/m0/s1. The molecular formula is C22H29NO6S3. The van der Waals surface area contributed by atoms with Crippen LogP contribution in [0.4, 0.5) is 0 Å². The van der Waals surface area contributed by atoms with Gasteiger partial charge in [-0.2, -0.15) is 0 Å². The van der Waals surface area contributed by atoms with Crippen LogP contribution in [0.2, 0.25) is 0 Å². The number of para-hydroxylation sites is 1. The van der Waals surface area contributed by atoms with Crippen molar-refractivity contribution < 1.29 is 29.0 Å². The van der Waals surface area contributed by atoms with Crippen molar-refractivity contribution in [2.75, 3.05) is 24.1 Å². The second kappa shape index (κ2) is 12.5. The van der Waals surface area contributed by atoms with Crippen molar-refractivity contribution in [1.29, 1.82) is 0 Å². The minimum absolute atomic E-state index is 0.0619. The summed E-state index contributed by atoms with van der Waals surface area (Å²) in [7, 11) is 3.16. The lowest BCUT2D eigenvalue weighted by molar-refractivity contribution is -0.176. The Bertz CT molecular complexity index is 826. The molecule has 1 aliphatic heterocycles. The van der Waals surface area contributed by atoms with Crippen LogP contribution in [0.15, 0.2) is 36.9 Å². The Morgan fingerprint density at radius 3 is 2.62 bits per heavy atom. The number of amides is 1. The third kappa shape index (κ3) is 7.38. The predicted octanol–water partition coefficient (Wildman–Crippen LogP) is 4.38. The molecule has 176 valence electrons. The number of benzene rings is 1. The topological polar surface area (TPSA) is 93.1 Å². The number of carbonyl (C=O) groups excluding carboxylic acids is 3. The largest absolute Gasteiger partial charge is 0.508 e. The fraction of sp³-hybridized carbons (Fsp3) is 0.500. The molecule has 1 saturated heterocycles. The third-order valence-corrected chi connectivity index (χ3v) is 8.06. The summed E-state index contributed by atoms with van der Waals surface area (Å²) in [6.07, 6.45) is 2.03. The van der Waals surface area contributed by atoms with E-state index in [1.807, 2.05) is 0 Å². The molecule has 0 radical (unpaired) electrons. The van der Waals surface area contributed by atoms with E-state index in [-0.39, 0.29) is 18.1 Å². The quantitative estimate of drug-likeness (QED) is 0.165. The Hall–Kier alpha value is -1.78. The monoisotopic (exact) mass is 499 g/mol. The van der Waals surface area contributed by atoms with E-state index in [1.54, 1.807) is 72.7 Å². The van der Waals surface area contributed by atoms with Gasteiger partial charge < -0.3 is 19.5 Å². The van der Waals surface area contributed by atoms with Crippen LogP contribution in [0.25, 0.3) is 0 Å². The highest BCUT2D eigenvalue weighted by Crippen LogP contribution is 2.45. The van der Waals surface area contributed by atoms with Gasteiger partial charge in [0.15, 0.2) is 0 Å². The number of aromatic hydroxyl groups is 1. The van der Waals surface area contributed by atoms with Gasteiger partial charge in [0.25, 0.3) is 0 Å². The molecule has 2 atom stereocenters. The van der Waals surface area contributed by atoms with E-state index in [1.165, 1.54) is 16.7 Å². The summed E-state index contributed by atoms with van der Waals surface area (Å²) in [5.41, 5.74) is -0.150. The summed E-state index contributed by atoms with van der Waals surface area (Å²) >= 11 is 1.39. The summed E-state index contributed by atoms with van der Waals surface area (Å²) in [6.45, 7) is 8.27. The Morgan fingerprint density at radius 1 is 1.25 bits per heavy atom. The van der Waals surface area contributed by atoms with Crippen molar-refractivity contribution in [3.8, 4) is 5.75 Å². The average molecular weight is 500 g/mol. The number of rotatable bonds is 10.